The second kappa shape index (κ2) is 36.6. The number of nitrogens with one attached hydrogen (secondary N) is 7. The number of benzene rings is 2. The van der Waals surface area contributed by atoms with Crippen LogP contribution in [0.25, 0.3) is 0 Å². The number of nitrogens with two attached hydrogens (primary N) is 1. The van der Waals surface area contributed by atoms with E-state index in [0.29, 0.717) is 18.4 Å². The fraction of sp³-hybridized carbons (Fsp3) is 0.632. The van der Waals surface area contributed by atoms with Gasteiger partial charge in [-0.25, -0.2) is 14.4 Å². The lowest BCUT2D eigenvalue weighted by Gasteiger charge is -2.31. The van der Waals surface area contributed by atoms with E-state index in [9.17, 15) is 52.3 Å². The highest BCUT2D eigenvalue weighted by Crippen LogP contribution is 2.69. The largest absolute Gasteiger partial charge is 0.484 e. The van der Waals surface area contributed by atoms with E-state index in [1.54, 1.807) is 105 Å². The number of carbonyl (C=O) groups is 9. The Labute approximate surface area is 504 Å². The molecule has 7 amide bonds. The van der Waals surface area contributed by atoms with E-state index in [4.69, 9.17) is 42.8 Å². The van der Waals surface area contributed by atoms with Gasteiger partial charge in [0, 0.05) is 25.8 Å². The van der Waals surface area contributed by atoms with Crippen LogP contribution in [0.5, 0.6) is 5.75 Å². The molecule has 4 atom stereocenters. The third kappa shape index (κ3) is 29.8. The Morgan fingerprint density at radius 2 is 0.965 bits per heavy atom. The van der Waals surface area contributed by atoms with Gasteiger partial charge in [0.1, 0.15) is 46.7 Å². The molecule has 484 valence electrons. The van der Waals surface area contributed by atoms with E-state index < -0.39 is 135 Å². The molecule has 2 rings (SSSR count). The molecule has 0 spiro atoms. The summed E-state index contributed by atoms with van der Waals surface area (Å²) >= 11 is 0. The molecule has 9 N–H and O–H groups in total. The van der Waals surface area contributed by atoms with Gasteiger partial charge < -0.3 is 80.0 Å². The third-order valence-corrected chi connectivity index (χ3v) is 16.9. The highest BCUT2D eigenvalue weighted by atomic mass is 31.2. The van der Waals surface area contributed by atoms with Gasteiger partial charge in [0.05, 0.1) is 39.5 Å². The molecular weight excluding hydrogens is 1160 g/mol. The Kier molecular flexibility index (Phi) is 32.2. The predicted octanol–water partition coefficient (Wildman–Crippen LogP) is 4.96. The van der Waals surface area contributed by atoms with Gasteiger partial charge in [-0.2, -0.15) is 0 Å². The first-order valence-electron chi connectivity index (χ1n) is 28.6. The average Bonchev–Trinajstić information content (AvgIpc) is 2.79. The first kappa shape index (κ1) is 75.6. The van der Waals surface area contributed by atoms with Crippen LogP contribution in [0.4, 0.5) is 4.79 Å². The maximum atomic E-state index is 13.9. The molecule has 0 saturated carbocycles. The minimum absolute atomic E-state index is 0.0634. The van der Waals surface area contributed by atoms with Crippen molar-refractivity contribution in [3.8, 4) is 5.75 Å². The third-order valence-electron chi connectivity index (χ3n) is 11.3. The maximum Gasteiger partial charge on any atom is 0.365 e. The normalized spacial score (nSPS) is 13.4. The van der Waals surface area contributed by atoms with Crippen molar-refractivity contribution in [3.63, 3.8) is 0 Å². The molecule has 0 bridgehead atoms. The van der Waals surface area contributed by atoms with Gasteiger partial charge in [-0.1, -0.05) is 42.5 Å². The molecule has 86 heavy (non-hydrogen) atoms. The number of esters is 3. The molecule has 0 aliphatic carbocycles. The number of amides is 7. The lowest BCUT2D eigenvalue weighted by molar-refractivity contribution is -0.159. The summed E-state index contributed by atoms with van der Waals surface area (Å²) in [6.45, 7) is 18.9. The standard InChI is InChI=1S/C57H92N8O19P2/c1-14-78-85(75,79-15-2)54(86(76,80-16-3)81-17-4)65-46(67)36-60-50(71)44(61-45(66)35-58)34-39-26-28-40(29-27-39)77-37-47(68)62-43(33-38-23-19-18-20-24-38)49(70)59-32-22-21-25-41(51(72)83-56(8,9)10)63-53(74)64-42(52(73)84-57(11,12)13)30-31-48(69)82-55(5,6)7/h18-20,23-24,26-29,41-44,54H,14-17,21-22,25,30-37,58H2,1-13H3,(H,59,70)(H,60,71)(H,61,66)(H,62,68)(H,65,67)(H2,63,64,74)/t41-,42-,43-,44-/m0/s1. The average molecular weight is 1260 g/mol. The van der Waals surface area contributed by atoms with E-state index in [-0.39, 0.29) is 70.8 Å². The van der Waals surface area contributed by atoms with Gasteiger partial charge in [-0.3, -0.25) is 37.9 Å². The van der Waals surface area contributed by atoms with Crippen LogP contribution in [-0.2, 0) is 92.6 Å². The Morgan fingerprint density at radius 3 is 1.43 bits per heavy atom. The summed E-state index contributed by atoms with van der Waals surface area (Å²) in [6, 6.07) is 9.47. The van der Waals surface area contributed by atoms with Crippen LogP contribution in [-0.4, -0.2) is 153 Å². The summed E-state index contributed by atoms with van der Waals surface area (Å²) in [5, 5.41) is 17.9. The number of rotatable bonds is 37. The van der Waals surface area contributed by atoms with Crippen LogP contribution in [0.1, 0.15) is 133 Å². The first-order valence-corrected chi connectivity index (χ1v) is 31.8. The summed E-state index contributed by atoms with van der Waals surface area (Å²) in [7, 11) is -8.76. The molecule has 29 heteroatoms. The molecule has 0 aliphatic heterocycles. The van der Waals surface area contributed by atoms with Crippen molar-refractivity contribution in [2.45, 2.75) is 181 Å². The zero-order valence-electron chi connectivity index (χ0n) is 51.9. The summed E-state index contributed by atoms with van der Waals surface area (Å²) in [4.78, 5) is 119. The lowest BCUT2D eigenvalue weighted by Crippen LogP contribution is -2.53. The second-order valence-corrected chi connectivity index (χ2v) is 27.0. The van der Waals surface area contributed by atoms with Crippen LogP contribution in [0.15, 0.2) is 54.6 Å². The van der Waals surface area contributed by atoms with Gasteiger partial charge in [0.2, 0.25) is 29.2 Å². The monoisotopic (exact) mass is 1250 g/mol. The van der Waals surface area contributed by atoms with Crippen molar-refractivity contribution < 1.29 is 89.3 Å². The van der Waals surface area contributed by atoms with Crippen LogP contribution >= 0.6 is 15.2 Å². The molecule has 0 unspecified atom stereocenters. The van der Waals surface area contributed by atoms with Gasteiger partial charge in [0.25, 0.3) is 5.91 Å². The van der Waals surface area contributed by atoms with Gasteiger partial charge in [0.15, 0.2) is 6.61 Å². The molecule has 0 aliphatic rings. The van der Waals surface area contributed by atoms with Crippen molar-refractivity contribution in [2.24, 2.45) is 5.73 Å². The Hall–Kier alpha value is -6.47. The minimum Gasteiger partial charge on any atom is -0.484 e. The first-order chi connectivity index (χ1) is 40.2. The van der Waals surface area contributed by atoms with Crippen LogP contribution in [0, 0.1) is 0 Å². The van der Waals surface area contributed by atoms with Gasteiger partial charge >= 0.3 is 39.1 Å². The number of hydrogen-bond donors (Lipinski definition) is 8. The summed E-state index contributed by atoms with van der Waals surface area (Å²) in [6.07, 6.45) is 0.325. The second-order valence-electron chi connectivity index (χ2n) is 22.4. The van der Waals surface area contributed by atoms with E-state index in [1.807, 2.05) is 0 Å². The summed E-state index contributed by atoms with van der Waals surface area (Å²) < 4.78 is 71.4. The smallest absolute Gasteiger partial charge is 0.365 e. The van der Waals surface area contributed by atoms with E-state index in [2.05, 4.69) is 37.2 Å². The predicted molar refractivity (Wildman–Crippen MR) is 318 cm³/mol. The molecule has 2 aromatic carbocycles. The van der Waals surface area contributed by atoms with Gasteiger partial charge in [-0.15, -0.1) is 0 Å². The topological polar surface area (TPSA) is 372 Å². The SMILES string of the molecule is CCOP(=O)(OCC)C(NC(=O)CNC(=O)[C@H](Cc1ccc(OCC(=O)N[C@@H](Cc2ccccc2)C(=O)NCCCC[C@H](NC(=O)N[C@@H](CCC(=O)OC(C)(C)C)C(=O)OC(C)(C)C)C(=O)OC(C)(C)C)cc1)NC(=O)CN)P(=O)(OCC)OCC. The van der Waals surface area contributed by atoms with Crippen molar-refractivity contribution in [1.29, 1.82) is 0 Å². The fourth-order valence-corrected chi connectivity index (χ4v) is 12.8. The van der Waals surface area contributed by atoms with E-state index in [0.717, 1.165) is 5.56 Å². The van der Waals surface area contributed by atoms with Gasteiger partial charge in [-0.05, 0) is 139 Å². The number of unbranched alkanes of at least 4 members (excludes halogenated alkanes) is 1. The number of carbonyl (C=O) groups excluding carboxylic acids is 9. The highest BCUT2D eigenvalue weighted by molar-refractivity contribution is 7.72. The van der Waals surface area contributed by atoms with Crippen molar-refractivity contribution >= 4 is 68.7 Å². The fourth-order valence-electron chi connectivity index (χ4n) is 7.82. The number of ether oxygens (including phenoxy) is 4. The zero-order chi connectivity index (χ0) is 64.9. The molecule has 27 nitrogen and oxygen atoms in total. The van der Waals surface area contributed by atoms with Crippen LogP contribution < -0.4 is 47.7 Å². The lowest BCUT2D eigenvalue weighted by atomic mass is 10.0. The Morgan fingerprint density at radius 1 is 0.512 bits per heavy atom. The Bertz CT molecular complexity index is 2580. The number of hydrogen-bond acceptors (Lipinski definition) is 20. The highest BCUT2D eigenvalue weighted by Gasteiger charge is 2.52. The summed E-state index contributed by atoms with van der Waals surface area (Å²) in [5.41, 5.74) is 2.28. The quantitative estimate of drug-likeness (QED) is 0.0192. The Balaban J connectivity index is 2.15. The van der Waals surface area contributed by atoms with Crippen molar-refractivity contribution in [3.05, 3.63) is 65.7 Å². The molecule has 2 aromatic rings. The molecule has 0 aromatic heterocycles. The minimum atomic E-state index is -4.38. The van der Waals surface area contributed by atoms with Crippen molar-refractivity contribution in [2.75, 3.05) is 52.7 Å². The molecule has 0 radical (unpaired) electrons. The maximum absolute atomic E-state index is 13.9. The van der Waals surface area contributed by atoms with E-state index in [1.165, 1.54) is 39.8 Å². The van der Waals surface area contributed by atoms with Crippen LogP contribution in [0.2, 0.25) is 0 Å². The van der Waals surface area contributed by atoms with Crippen molar-refractivity contribution in [1.82, 2.24) is 37.2 Å². The molecule has 0 fully saturated rings. The summed E-state index contributed by atoms with van der Waals surface area (Å²) in [5.74, 6) is -5.51. The number of urea groups is 1. The van der Waals surface area contributed by atoms with E-state index >= 15 is 0 Å². The molecular formula is C57H92N8O19P2. The molecule has 0 heterocycles. The zero-order valence-corrected chi connectivity index (χ0v) is 53.7. The molecule has 0 saturated heterocycles. The van der Waals surface area contributed by atoms with Crippen LogP contribution in [0.3, 0.4) is 0 Å².